The lowest BCUT2D eigenvalue weighted by molar-refractivity contribution is 0.331. The van der Waals surface area contributed by atoms with Crippen LogP contribution in [0.25, 0.3) is 0 Å². The summed E-state index contributed by atoms with van der Waals surface area (Å²) in [7, 11) is 0. The molecule has 1 aliphatic heterocycles. The smallest absolute Gasteiger partial charge is 0.200 e. The highest BCUT2D eigenvalue weighted by Crippen LogP contribution is 1.99. The number of hydrogen-bond donors (Lipinski definition) is 1. The Hall–Kier alpha value is -0.570. The summed E-state index contributed by atoms with van der Waals surface area (Å²) in [5.74, 6) is 0.734. The van der Waals surface area contributed by atoms with E-state index in [-0.39, 0.29) is 6.04 Å². The molecule has 0 fully saturated rings. The Morgan fingerprint density at radius 3 is 3.11 bits per heavy atom. The molecule has 1 unspecified atom stereocenters. The summed E-state index contributed by atoms with van der Waals surface area (Å²) >= 11 is 0. The fraction of sp³-hybridized carbons (Fsp3) is 0.833. The Balaban J connectivity index is 2.40. The van der Waals surface area contributed by atoms with Gasteiger partial charge in [0.1, 0.15) is 6.61 Å². The van der Waals surface area contributed by atoms with Crippen molar-refractivity contribution in [3.63, 3.8) is 0 Å². The fourth-order valence-corrected chi connectivity index (χ4v) is 0.751. The third-order valence-corrected chi connectivity index (χ3v) is 1.37. The van der Waals surface area contributed by atoms with Crippen LogP contribution in [0.15, 0.2) is 4.99 Å². The van der Waals surface area contributed by atoms with Crippen LogP contribution in [0.5, 0.6) is 0 Å². The van der Waals surface area contributed by atoms with Crippen molar-refractivity contribution in [2.75, 3.05) is 13.2 Å². The minimum atomic E-state index is 0.0208. The normalized spacial score (nSPS) is 20.9. The molecule has 1 aliphatic rings. The molecule has 0 saturated carbocycles. The first-order valence-electron chi connectivity index (χ1n) is 3.27. The van der Waals surface area contributed by atoms with Gasteiger partial charge in [-0.2, -0.15) is 0 Å². The van der Waals surface area contributed by atoms with Gasteiger partial charge in [-0.15, -0.1) is 0 Å². The average molecular weight is 128 g/mol. The highest BCUT2D eigenvalue weighted by molar-refractivity contribution is 5.82. The first-order chi connectivity index (χ1) is 4.34. The molecule has 1 rings (SSSR count). The van der Waals surface area contributed by atoms with Gasteiger partial charge < -0.3 is 10.5 Å². The van der Waals surface area contributed by atoms with E-state index in [9.17, 15) is 0 Å². The number of nitrogens with zero attached hydrogens (tertiary/aromatic N) is 1. The van der Waals surface area contributed by atoms with Gasteiger partial charge in [-0.1, -0.05) is 6.92 Å². The van der Waals surface area contributed by atoms with Crippen LogP contribution in [-0.4, -0.2) is 25.1 Å². The maximum Gasteiger partial charge on any atom is 0.200 e. The summed E-state index contributed by atoms with van der Waals surface area (Å²) < 4.78 is 5.13. The zero-order valence-corrected chi connectivity index (χ0v) is 5.63. The van der Waals surface area contributed by atoms with Crippen molar-refractivity contribution >= 4 is 5.90 Å². The predicted molar refractivity (Wildman–Crippen MR) is 36.5 cm³/mol. The molecule has 3 nitrogen and oxygen atoms in total. The zero-order valence-electron chi connectivity index (χ0n) is 5.63. The molecule has 2 N–H and O–H groups in total. The number of nitrogens with two attached hydrogens (primary N) is 1. The third kappa shape index (κ3) is 1.42. The minimum absolute atomic E-state index is 0.0208. The van der Waals surface area contributed by atoms with Gasteiger partial charge in [0, 0.05) is 0 Å². The highest BCUT2D eigenvalue weighted by atomic mass is 16.5. The van der Waals surface area contributed by atoms with Crippen LogP contribution >= 0.6 is 0 Å². The van der Waals surface area contributed by atoms with Gasteiger partial charge in [-0.05, 0) is 6.42 Å². The first kappa shape index (κ1) is 6.55. The molecule has 0 saturated heterocycles. The van der Waals surface area contributed by atoms with E-state index in [4.69, 9.17) is 10.5 Å². The van der Waals surface area contributed by atoms with E-state index >= 15 is 0 Å². The van der Waals surface area contributed by atoms with Crippen LogP contribution in [-0.2, 0) is 4.74 Å². The Bertz CT molecular complexity index is 122. The molecule has 0 radical (unpaired) electrons. The van der Waals surface area contributed by atoms with E-state index in [2.05, 4.69) is 4.99 Å². The quantitative estimate of drug-likeness (QED) is 0.575. The molecule has 9 heavy (non-hydrogen) atoms. The maximum atomic E-state index is 5.62. The van der Waals surface area contributed by atoms with Crippen molar-refractivity contribution in [2.24, 2.45) is 10.7 Å². The Kier molecular flexibility index (Phi) is 2.05. The van der Waals surface area contributed by atoms with Crippen molar-refractivity contribution in [1.82, 2.24) is 0 Å². The van der Waals surface area contributed by atoms with Crippen LogP contribution in [0, 0.1) is 0 Å². The summed E-state index contributed by atoms with van der Waals surface area (Å²) in [6.45, 7) is 3.51. The third-order valence-electron chi connectivity index (χ3n) is 1.37. The summed E-state index contributed by atoms with van der Waals surface area (Å²) in [5, 5.41) is 0. The predicted octanol–water partition coefficient (Wildman–Crippen LogP) is 0.152. The van der Waals surface area contributed by atoms with Crippen LogP contribution in [0.4, 0.5) is 0 Å². The van der Waals surface area contributed by atoms with E-state index in [0.717, 1.165) is 18.9 Å². The molecule has 0 aromatic rings. The van der Waals surface area contributed by atoms with E-state index in [1.165, 1.54) is 0 Å². The molecule has 3 heteroatoms. The lowest BCUT2D eigenvalue weighted by Gasteiger charge is -2.06. The molecule has 0 amide bonds. The molecule has 0 aliphatic carbocycles. The molecule has 0 spiro atoms. The van der Waals surface area contributed by atoms with Crippen molar-refractivity contribution < 1.29 is 4.74 Å². The fourth-order valence-electron chi connectivity index (χ4n) is 0.751. The second kappa shape index (κ2) is 2.82. The molecule has 1 atom stereocenters. The monoisotopic (exact) mass is 128 g/mol. The lowest BCUT2D eigenvalue weighted by Crippen LogP contribution is -2.29. The lowest BCUT2D eigenvalue weighted by atomic mass is 10.2. The first-order valence-corrected chi connectivity index (χ1v) is 3.27. The van der Waals surface area contributed by atoms with Gasteiger partial charge in [0.25, 0.3) is 0 Å². The number of aliphatic imine (C=N–C) groups is 1. The van der Waals surface area contributed by atoms with Crippen molar-refractivity contribution in [2.45, 2.75) is 19.4 Å². The number of hydrogen-bond acceptors (Lipinski definition) is 3. The average Bonchev–Trinajstić information content (AvgIpc) is 2.37. The van der Waals surface area contributed by atoms with Gasteiger partial charge in [-0.3, -0.25) is 4.99 Å². The van der Waals surface area contributed by atoms with Crippen molar-refractivity contribution in [3.05, 3.63) is 0 Å². The van der Waals surface area contributed by atoms with Gasteiger partial charge in [-0.25, -0.2) is 0 Å². The van der Waals surface area contributed by atoms with E-state index in [1.54, 1.807) is 0 Å². The second-order valence-corrected chi connectivity index (χ2v) is 2.08. The SMILES string of the molecule is CCC(N)C1=NCCO1. The van der Waals surface area contributed by atoms with Gasteiger partial charge >= 0.3 is 0 Å². The Morgan fingerprint density at radius 1 is 1.89 bits per heavy atom. The van der Waals surface area contributed by atoms with E-state index in [1.807, 2.05) is 6.92 Å². The zero-order chi connectivity index (χ0) is 6.69. The van der Waals surface area contributed by atoms with Gasteiger partial charge in [0.05, 0.1) is 12.6 Å². The van der Waals surface area contributed by atoms with Gasteiger partial charge in [0.15, 0.2) is 0 Å². The molecule has 0 aromatic carbocycles. The Morgan fingerprint density at radius 2 is 2.67 bits per heavy atom. The summed E-state index contributed by atoms with van der Waals surface area (Å²) in [4.78, 5) is 4.08. The Labute approximate surface area is 54.9 Å². The largest absolute Gasteiger partial charge is 0.478 e. The second-order valence-electron chi connectivity index (χ2n) is 2.08. The minimum Gasteiger partial charge on any atom is -0.478 e. The van der Waals surface area contributed by atoms with Crippen molar-refractivity contribution in [1.29, 1.82) is 0 Å². The van der Waals surface area contributed by atoms with Gasteiger partial charge in [0.2, 0.25) is 5.90 Å². The standard InChI is InChI=1S/C6H12N2O/c1-2-5(7)6-8-3-4-9-6/h5H,2-4,7H2,1H3. The van der Waals surface area contributed by atoms with Crippen LogP contribution in [0.1, 0.15) is 13.3 Å². The summed E-state index contributed by atoms with van der Waals surface area (Å²) in [6, 6.07) is 0.0208. The van der Waals surface area contributed by atoms with Crippen molar-refractivity contribution in [3.8, 4) is 0 Å². The molecule has 0 bridgehead atoms. The maximum absolute atomic E-state index is 5.62. The molecule has 0 aromatic heterocycles. The van der Waals surface area contributed by atoms with Crippen LogP contribution < -0.4 is 5.73 Å². The van der Waals surface area contributed by atoms with E-state index < -0.39 is 0 Å². The summed E-state index contributed by atoms with van der Waals surface area (Å²) in [5.41, 5.74) is 5.62. The molecule has 52 valence electrons. The molecular weight excluding hydrogens is 116 g/mol. The van der Waals surface area contributed by atoms with E-state index in [0.29, 0.717) is 6.61 Å². The number of rotatable bonds is 2. The molecular formula is C6H12N2O. The highest BCUT2D eigenvalue weighted by Gasteiger charge is 2.13. The van der Waals surface area contributed by atoms with Crippen LogP contribution in [0.3, 0.4) is 0 Å². The number of ether oxygens (including phenoxy) is 1. The molecule has 1 heterocycles. The topological polar surface area (TPSA) is 47.6 Å². The van der Waals surface area contributed by atoms with Crippen LogP contribution in [0.2, 0.25) is 0 Å². The summed E-state index contributed by atoms with van der Waals surface area (Å²) in [6.07, 6.45) is 0.902.